The molecular weight excluding hydrogens is 246 g/mol. The summed E-state index contributed by atoms with van der Waals surface area (Å²) in [6.07, 6.45) is 15.6. The van der Waals surface area contributed by atoms with Gasteiger partial charge in [-0.2, -0.15) is 0 Å². The van der Waals surface area contributed by atoms with E-state index in [9.17, 15) is 0 Å². The summed E-state index contributed by atoms with van der Waals surface area (Å²) < 4.78 is 0. The van der Waals surface area contributed by atoms with Crippen molar-refractivity contribution in [2.24, 2.45) is 5.73 Å². The fourth-order valence-corrected chi connectivity index (χ4v) is 2.44. The molecule has 0 rings (SSSR count). The predicted molar refractivity (Wildman–Crippen MR) is 91.3 cm³/mol. The molecule has 20 heavy (non-hydrogen) atoms. The molecule has 0 aliphatic heterocycles. The first-order valence-corrected chi connectivity index (χ1v) is 9.03. The third kappa shape index (κ3) is 17.9. The van der Waals surface area contributed by atoms with E-state index < -0.39 is 0 Å². The Balaban J connectivity index is 2.89. The van der Waals surface area contributed by atoms with Crippen LogP contribution in [0.15, 0.2) is 0 Å². The first kappa shape index (κ1) is 19.9. The van der Waals surface area contributed by atoms with Gasteiger partial charge in [0.15, 0.2) is 0 Å². The smallest absolute Gasteiger partial charge is 0.00772 e. The molecule has 3 nitrogen and oxygen atoms in total. The van der Waals surface area contributed by atoms with Gasteiger partial charge in [0, 0.05) is 26.2 Å². The van der Waals surface area contributed by atoms with E-state index in [0.717, 1.165) is 26.2 Å². The van der Waals surface area contributed by atoms with E-state index in [1.807, 2.05) is 0 Å². The average Bonchev–Trinajstić information content (AvgIpc) is 2.47. The van der Waals surface area contributed by atoms with Gasteiger partial charge in [0.25, 0.3) is 0 Å². The second kappa shape index (κ2) is 18.9. The number of hydrogen-bond acceptors (Lipinski definition) is 3. The molecule has 122 valence electrons. The first-order valence-electron chi connectivity index (χ1n) is 9.03. The molecule has 0 unspecified atom stereocenters. The quantitative estimate of drug-likeness (QED) is 0.359. The van der Waals surface area contributed by atoms with Gasteiger partial charge in [-0.05, 0) is 13.0 Å². The van der Waals surface area contributed by atoms with Crippen LogP contribution < -0.4 is 16.4 Å². The Labute approximate surface area is 127 Å². The fourth-order valence-electron chi connectivity index (χ4n) is 2.44. The molecule has 0 fully saturated rings. The molecule has 0 aliphatic rings. The summed E-state index contributed by atoms with van der Waals surface area (Å²) in [6, 6.07) is 0. The molecule has 0 amide bonds. The Morgan fingerprint density at radius 2 is 1.00 bits per heavy atom. The molecule has 0 aromatic rings. The van der Waals surface area contributed by atoms with Gasteiger partial charge in [0.05, 0.1) is 0 Å². The van der Waals surface area contributed by atoms with Crippen LogP contribution in [0.25, 0.3) is 0 Å². The van der Waals surface area contributed by atoms with Crippen molar-refractivity contribution in [2.75, 3.05) is 32.7 Å². The molecular formula is C17H39N3. The number of nitrogens with one attached hydrogen (secondary N) is 2. The number of unbranched alkanes of at least 4 members (excludes halogenated alkanes) is 10. The van der Waals surface area contributed by atoms with Crippen LogP contribution in [0.3, 0.4) is 0 Å². The van der Waals surface area contributed by atoms with Gasteiger partial charge in [-0.3, -0.25) is 0 Å². The monoisotopic (exact) mass is 285 g/mol. The molecule has 0 spiro atoms. The maximum absolute atomic E-state index is 5.41. The zero-order chi connectivity index (χ0) is 14.7. The Morgan fingerprint density at radius 3 is 1.50 bits per heavy atom. The van der Waals surface area contributed by atoms with E-state index in [4.69, 9.17) is 5.73 Å². The summed E-state index contributed by atoms with van der Waals surface area (Å²) in [5.74, 6) is 0. The van der Waals surface area contributed by atoms with E-state index in [2.05, 4.69) is 17.6 Å². The second-order valence-corrected chi connectivity index (χ2v) is 5.82. The van der Waals surface area contributed by atoms with Crippen molar-refractivity contribution < 1.29 is 0 Å². The average molecular weight is 286 g/mol. The SMILES string of the molecule is CCCCCCCCCCCCCNCCNCCN. The van der Waals surface area contributed by atoms with Crippen molar-refractivity contribution in [1.29, 1.82) is 0 Å². The van der Waals surface area contributed by atoms with Gasteiger partial charge >= 0.3 is 0 Å². The van der Waals surface area contributed by atoms with Crippen LogP contribution in [0.1, 0.15) is 77.6 Å². The van der Waals surface area contributed by atoms with Crippen LogP contribution in [-0.2, 0) is 0 Å². The predicted octanol–water partition coefficient (Wildman–Crippen LogP) is 3.44. The van der Waals surface area contributed by atoms with Gasteiger partial charge in [0.1, 0.15) is 0 Å². The minimum atomic E-state index is 0.735. The molecule has 0 radical (unpaired) electrons. The maximum Gasteiger partial charge on any atom is 0.00772 e. The third-order valence-corrected chi connectivity index (χ3v) is 3.76. The largest absolute Gasteiger partial charge is 0.329 e. The van der Waals surface area contributed by atoms with Crippen LogP contribution >= 0.6 is 0 Å². The minimum Gasteiger partial charge on any atom is -0.329 e. The van der Waals surface area contributed by atoms with Crippen molar-refractivity contribution in [3.05, 3.63) is 0 Å². The lowest BCUT2D eigenvalue weighted by molar-refractivity contribution is 0.535. The summed E-state index contributed by atoms with van der Waals surface area (Å²) in [5, 5.41) is 6.76. The standard InChI is InChI=1S/C17H39N3/c1-2-3-4-5-6-7-8-9-10-11-12-14-19-16-17-20-15-13-18/h19-20H,2-18H2,1H3. The Kier molecular flexibility index (Phi) is 18.8. The van der Waals surface area contributed by atoms with E-state index >= 15 is 0 Å². The summed E-state index contributed by atoms with van der Waals surface area (Å²) >= 11 is 0. The summed E-state index contributed by atoms with van der Waals surface area (Å²) in [7, 11) is 0. The normalized spacial score (nSPS) is 11.1. The minimum absolute atomic E-state index is 0.735. The van der Waals surface area contributed by atoms with Crippen LogP contribution in [-0.4, -0.2) is 32.7 Å². The van der Waals surface area contributed by atoms with E-state index in [0.29, 0.717) is 0 Å². The van der Waals surface area contributed by atoms with Gasteiger partial charge in [-0.1, -0.05) is 71.1 Å². The van der Waals surface area contributed by atoms with Crippen molar-refractivity contribution in [3.8, 4) is 0 Å². The maximum atomic E-state index is 5.41. The van der Waals surface area contributed by atoms with Gasteiger partial charge in [0.2, 0.25) is 0 Å². The molecule has 0 saturated carbocycles. The lowest BCUT2D eigenvalue weighted by atomic mass is 10.1. The van der Waals surface area contributed by atoms with Crippen molar-refractivity contribution in [1.82, 2.24) is 10.6 Å². The highest BCUT2D eigenvalue weighted by Crippen LogP contribution is 2.10. The summed E-state index contributed by atoms with van der Waals surface area (Å²) in [6.45, 7) is 7.22. The highest BCUT2D eigenvalue weighted by atomic mass is 14.9. The zero-order valence-electron chi connectivity index (χ0n) is 13.9. The molecule has 0 heterocycles. The van der Waals surface area contributed by atoms with Crippen molar-refractivity contribution >= 4 is 0 Å². The number of rotatable bonds is 17. The van der Waals surface area contributed by atoms with Crippen LogP contribution in [0.2, 0.25) is 0 Å². The Bertz CT molecular complexity index is 144. The van der Waals surface area contributed by atoms with Crippen LogP contribution in [0.5, 0.6) is 0 Å². The van der Waals surface area contributed by atoms with Gasteiger partial charge in [-0.25, -0.2) is 0 Å². The Hall–Kier alpha value is -0.120. The van der Waals surface area contributed by atoms with Crippen molar-refractivity contribution in [3.63, 3.8) is 0 Å². The van der Waals surface area contributed by atoms with E-state index in [1.165, 1.54) is 77.2 Å². The highest BCUT2D eigenvalue weighted by molar-refractivity contribution is 4.53. The van der Waals surface area contributed by atoms with Crippen molar-refractivity contribution in [2.45, 2.75) is 77.6 Å². The highest BCUT2D eigenvalue weighted by Gasteiger charge is 1.93. The summed E-state index contributed by atoms with van der Waals surface area (Å²) in [4.78, 5) is 0. The lowest BCUT2D eigenvalue weighted by Gasteiger charge is -2.06. The van der Waals surface area contributed by atoms with Gasteiger partial charge in [-0.15, -0.1) is 0 Å². The Morgan fingerprint density at radius 1 is 0.550 bits per heavy atom. The third-order valence-electron chi connectivity index (χ3n) is 3.76. The molecule has 4 N–H and O–H groups in total. The lowest BCUT2D eigenvalue weighted by Crippen LogP contribution is -2.31. The fraction of sp³-hybridized carbons (Fsp3) is 1.00. The van der Waals surface area contributed by atoms with Crippen LogP contribution in [0.4, 0.5) is 0 Å². The molecule has 0 saturated heterocycles. The molecule has 0 aromatic heterocycles. The van der Waals surface area contributed by atoms with Gasteiger partial charge < -0.3 is 16.4 Å². The molecule has 0 aliphatic carbocycles. The number of hydrogen-bond donors (Lipinski definition) is 3. The molecule has 3 heteroatoms. The van der Waals surface area contributed by atoms with Crippen LogP contribution in [0, 0.1) is 0 Å². The molecule has 0 bridgehead atoms. The summed E-state index contributed by atoms with van der Waals surface area (Å²) in [5.41, 5.74) is 5.41. The van der Waals surface area contributed by atoms with E-state index in [-0.39, 0.29) is 0 Å². The molecule has 0 atom stereocenters. The zero-order valence-corrected chi connectivity index (χ0v) is 13.9. The van der Waals surface area contributed by atoms with E-state index in [1.54, 1.807) is 0 Å². The first-order chi connectivity index (χ1) is 9.91. The number of nitrogens with two attached hydrogens (primary N) is 1. The molecule has 0 aromatic carbocycles. The topological polar surface area (TPSA) is 50.1 Å². The second-order valence-electron chi connectivity index (χ2n) is 5.82.